The van der Waals surface area contributed by atoms with Crippen molar-refractivity contribution in [2.24, 2.45) is 10.8 Å². The molecule has 1 aromatic heterocycles. The molecule has 0 saturated carbocycles. The third-order valence-electron chi connectivity index (χ3n) is 4.28. The smallest absolute Gasteiger partial charge is 0.325 e. The Morgan fingerprint density at radius 1 is 1.32 bits per heavy atom. The number of hydrogen-bond donors (Lipinski definition) is 1. The molecule has 0 spiro atoms. The molecule has 0 aromatic carbocycles. The van der Waals surface area contributed by atoms with Gasteiger partial charge in [0.15, 0.2) is 0 Å². The summed E-state index contributed by atoms with van der Waals surface area (Å²) >= 11 is 0. The molecule has 2 heterocycles. The van der Waals surface area contributed by atoms with Crippen LogP contribution in [0.2, 0.25) is 0 Å². The highest BCUT2D eigenvalue weighted by molar-refractivity contribution is 5.66. The molecule has 1 N–H and O–H groups in total. The molecule has 0 atom stereocenters. The lowest BCUT2D eigenvalue weighted by atomic mass is 9.75. The number of carbonyl (C=O) groups is 1. The summed E-state index contributed by atoms with van der Waals surface area (Å²) in [4.78, 5) is 13.2. The van der Waals surface area contributed by atoms with Gasteiger partial charge >= 0.3 is 5.97 Å². The number of rotatable bonds is 5. The fourth-order valence-corrected chi connectivity index (χ4v) is 3.72. The van der Waals surface area contributed by atoms with Crippen LogP contribution in [0.3, 0.4) is 0 Å². The maximum absolute atomic E-state index is 10.7. The molecule has 1 fully saturated rings. The van der Waals surface area contributed by atoms with Gasteiger partial charge in [-0.15, -0.1) is 5.10 Å². The highest BCUT2D eigenvalue weighted by Gasteiger charge is 2.33. The van der Waals surface area contributed by atoms with Crippen LogP contribution in [0.25, 0.3) is 0 Å². The Morgan fingerprint density at radius 2 is 2.05 bits per heavy atom. The van der Waals surface area contributed by atoms with Gasteiger partial charge in [-0.05, 0) is 30.2 Å². The molecule has 0 unspecified atom stereocenters. The maximum Gasteiger partial charge on any atom is 0.325 e. The first-order chi connectivity index (χ1) is 10.2. The predicted octanol–water partition coefficient (Wildman–Crippen LogP) is 2.05. The predicted molar refractivity (Wildman–Crippen MR) is 84.6 cm³/mol. The zero-order valence-corrected chi connectivity index (χ0v) is 14.2. The van der Waals surface area contributed by atoms with Crippen LogP contribution in [0.5, 0.6) is 0 Å². The van der Waals surface area contributed by atoms with Gasteiger partial charge in [0, 0.05) is 25.7 Å². The third-order valence-corrected chi connectivity index (χ3v) is 4.28. The number of aliphatic carboxylic acids is 1. The number of aromatic nitrogens is 3. The number of nitrogens with zero attached hydrogens (tertiary/aromatic N) is 4. The molecule has 1 aliphatic heterocycles. The molecular weight excluding hydrogens is 280 g/mol. The standard InChI is InChI=1S/C16H28N4O2/c1-15(2)6-8-19(12-16(3,4)11-15)7-5-13-9-20(18-17-13)10-14(21)22/h9H,5-8,10-12H2,1-4H3,(H,21,22). The SMILES string of the molecule is CC1(C)CCN(CCc2cn(CC(=O)O)nn2)CC(C)(C)C1. The number of carboxylic acids is 1. The van der Waals surface area contributed by atoms with Crippen molar-refractivity contribution in [2.45, 2.75) is 53.5 Å². The van der Waals surface area contributed by atoms with Crippen molar-refractivity contribution in [1.29, 1.82) is 0 Å². The van der Waals surface area contributed by atoms with E-state index in [-0.39, 0.29) is 6.54 Å². The Bertz CT molecular complexity index is 522. The molecule has 2 rings (SSSR count). The fourth-order valence-electron chi connectivity index (χ4n) is 3.72. The minimum absolute atomic E-state index is 0.127. The van der Waals surface area contributed by atoms with Crippen LogP contribution in [0.4, 0.5) is 0 Å². The first-order valence-electron chi connectivity index (χ1n) is 7.98. The fraction of sp³-hybridized carbons (Fsp3) is 0.812. The quantitative estimate of drug-likeness (QED) is 0.901. The van der Waals surface area contributed by atoms with Crippen molar-refractivity contribution in [1.82, 2.24) is 19.9 Å². The molecule has 0 bridgehead atoms. The molecule has 1 aromatic rings. The highest BCUT2D eigenvalue weighted by atomic mass is 16.4. The third kappa shape index (κ3) is 5.09. The topological polar surface area (TPSA) is 71.2 Å². The lowest BCUT2D eigenvalue weighted by Crippen LogP contribution is -2.34. The van der Waals surface area contributed by atoms with E-state index in [1.807, 2.05) is 0 Å². The van der Waals surface area contributed by atoms with Gasteiger partial charge in [-0.3, -0.25) is 4.79 Å². The summed E-state index contributed by atoms with van der Waals surface area (Å²) in [5.41, 5.74) is 1.58. The Morgan fingerprint density at radius 3 is 2.73 bits per heavy atom. The molecule has 124 valence electrons. The average Bonchev–Trinajstić information content (AvgIpc) is 2.73. The monoisotopic (exact) mass is 308 g/mol. The average molecular weight is 308 g/mol. The Balaban J connectivity index is 1.90. The van der Waals surface area contributed by atoms with E-state index in [0.717, 1.165) is 31.7 Å². The summed E-state index contributed by atoms with van der Waals surface area (Å²) in [6.45, 7) is 12.4. The van der Waals surface area contributed by atoms with Gasteiger partial charge in [0.2, 0.25) is 0 Å². The summed E-state index contributed by atoms with van der Waals surface area (Å²) < 4.78 is 1.38. The van der Waals surface area contributed by atoms with Crippen LogP contribution >= 0.6 is 0 Å². The van der Waals surface area contributed by atoms with Gasteiger partial charge in [0.25, 0.3) is 0 Å². The number of hydrogen-bond acceptors (Lipinski definition) is 4. The normalized spacial score (nSPS) is 21.5. The van der Waals surface area contributed by atoms with Crippen LogP contribution in [0, 0.1) is 10.8 Å². The second-order valence-electron chi connectivity index (χ2n) is 8.08. The second-order valence-corrected chi connectivity index (χ2v) is 8.08. The van der Waals surface area contributed by atoms with Crippen molar-refractivity contribution < 1.29 is 9.90 Å². The van der Waals surface area contributed by atoms with E-state index in [0.29, 0.717) is 10.8 Å². The first-order valence-corrected chi connectivity index (χ1v) is 7.98. The van der Waals surface area contributed by atoms with Crippen LogP contribution in [-0.4, -0.2) is 50.6 Å². The first kappa shape index (κ1) is 16.9. The van der Waals surface area contributed by atoms with Crippen molar-refractivity contribution in [3.63, 3.8) is 0 Å². The molecule has 0 radical (unpaired) electrons. The summed E-state index contributed by atoms with van der Waals surface area (Å²) in [7, 11) is 0. The largest absolute Gasteiger partial charge is 0.480 e. The maximum atomic E-state index is 10.7. The van der Waals surface area contributed by atoms with E-state index >= 15 is 0 Å². The van der Waals surface area contributed by atoms with Crippen molar-refractivity contribution in [2.75, 3.05) is 19.6 Å². The zero-order chi connectivity index (χ0) is 16.4. The van der Waals surface area contributed by atoms with Crippen LogP contribution in [0.1, 0.15) is 46.2 Å². The molecule has 1 aliphatic rings. The summed E-state index contributed by atoms with van der Waals surface area (Å²) in [5, 5.41) is 16.7. The molecule has 6 heteroatoms. The van der Waals surface area contributed by atoms with Gasteiger partial charge < -0.3 is 10.0 Å². The Labute approximate surface area is 132 Å². The van der Waals surface area contributed by atoms with E-state index < -0.39 is 5.97 Å². The summed E-state index contributed by atoms with van der Waals surface area (Å²) in [6, 6.07) is 0. The Hall–Kier alpha value is -1.43. The summed E-state index contributed by atoms with van der Waals surface area (Å²) in [6.07, 6.45) is 5.00. The number of carboxylic acid groups (broad SMARTS) is 1. The van der Waals surface area contributed by atoms with Gasteiger partial charge in [0.05, 0.1) is 5.69 Å². The molecule has 6 nitrogen and oxygen atoms in total. The molecular formula is C16H28N4O2. The Kier molecular flexibility index (Phi) is 4.90. The zero-order valence-electron chi connectivity index (χ0n) is 14.2. The van der Waals surface area contributed by atoms with Crippen molar-refractivity contribution in [3.8, 4) is 0 Å². The molecule has 0 amide bonds. The minimum Gasteiger partial charge on any atom is -0.480 e. The van der Waals surface area contributed by atoms with Crippen LogP contribution in [0.15, 0.2) is 6.20 Å². The van der Waals surface area contributed by atoms with Gasteiger partial charge in [-0.2, -0.15) is 0 Å². The minimum atomic E-state index is -0.895. The van der Waals surface area contributed by atoms with Gasteiger partial charge in [-0.1, -0.05) is 32.9 Å². The van der Waals surface area contributed by atoms with Gasteiger partial charge in [0.1, 0.15) is 6.54 Å². The van der Waals surface area contributed by atoms with E-state index in [9.17, 15) is 4.79 Å². The molecule has 1 saturated heterocycles. The van der Waals surface area contributed by atoms with Gasteiger partial charge in [-0.25, -0.2) is 4.68 Å². The number of likely N-dealkylation sites (tertiary alicyclic amines) is 1. The van der Waals surface area contributed by atoms with Crippen molar-refractivity contribution >= 4 is 5.97 Å². The second kappa shape index (κ2) is 6.36. The van der Waals surface area contributed by atoms with Crippen molar-refractivity contribution in [3.05, 3.63) is 11.9 Å². The van der Waals surface area contributed by atoms with Crippen LogP contribution in [-0.2, 0) is 17.8 Å². The molecule has 22 heavy (non-hydrogen) atoms. The van der Waals surface area contributed by atoms with E-state index in [1.54, 1.807) is 6.20 Å². The van der Waals surface area contributed by atoms with E-state index in [2.05, 4.69) is 42.9 Å². The highest BCUT2D eigenvalue weighted by Crippen LogP contribution is 2.39. The van der Waals surface area contributed by atoms with E-state index in [4.69, 9.17) is 5.11 Å². The lowest BCUT2D eigenvalue weighted by Gasteiger charge is -2.32. The molecule has 0 aliphatic carbocycles. The van der Waals surface area contributed by atoms with E-state index in [1.165, 1.54) is 17.5 Å². The van der Waals surface area contributed by atoms with Crippen LogP contribution < -0.4 is 0 Å². The lowest BCUT2D eigenvalue weighted by molar-refractivity contribution is -0.137. The summed E-state index contributed by atoms with van der Waals surface area (Å²) in [5.74, 6) is -0.895.